The molecule has 6 N–H and O–H groups in total. The number of aromatic nitrogens is 4. The maximum absolute atomic E-state index is 11.6. The lowest BCUT2D eigenvalue weighted by molar-refractivity contribution is -0.0675. The van der Waals surface area contributed by atoms with E-state index in [1.807, 2.05) is 24.3 Å². The van der Waals surface area contributed by atoms with Crippen molar-refractivity contribution in [3.05, 3.63) is 52.3 Å². The largest absolute Gasteiger partial charge is 0.464 e. The number of ether oxygens (including phenoxy) is 1. The van der Waals surface area contributed by atoms with Gasteiger partial charge in [0.25, 0.3) is 0 Å². The summed E-state index contributed by atoms with van der Waals surface area (Å²) < 4.78 is 8.51. The predicted molar refractivity (Wildman–Crippen MR) is 146 cm³/mol. The number of pyridine rings is 1. The van der Waals surface area contributed by atoms with Crippen LogP contribution in [0.1, 0.15) is 30.3 Å². The number of hydrogen-bond acceptors (Lipinski definition) is 9. The Morgan fingerprint density at radius 1 is 1.20 bits per heavy atom. The Morgan fingerprint density at radius 2 is 1.95 bits per heavy atom. The highest BCUT2D eigenvalue weighted by molar-refractivity contribution is 9.10. The number of hydrogen-bond donors (Lipinski definition) is 5. The highest BCUT2D eigenvalue weighted by Gasteiger charge is 2.61. The summed E-state index contributed by atoms with van der Waals surface area (Å²) in [6.07, 6.45) is -3.46. The summed E-state index contributed by atoms with van der Waals surface area (Å²) in [6, 6.07) is 9.47. The van der Waals surface area contributed by atoms with Gasteiger partial charge in [-0.1, -0.05) is 12.1 Å². The van der Waals surface area contributed by atoms with Gasteiger partial charge in [0.15, 0.2) is 6.23 Å². The maximum atomic E-state index is 11.6. The Hall–Kier alpha value is -3.85. The minimum Gasteiger partial charge on any atom is -0.464 e. The predicted octanol–water partition coefficient (Wildman–Crippen LogP) is 3.44. The summed E-state index contributed by atoms with van der Waals surface area (Å²) in [7, 11) is 0. The third-order valence-electron chi connectivity index (χ3n) is 7.87. The van der Waals surface area contributed by atoms with Crippen molar-refractivity contribution in [2.24, 2.45) is 5.92 Å². The molecule has 2 aliphatic rings. The Labute approximate surface area is 235 Å². The van der Waals surface area contributed by atoms with Crippen molar-refractivity contribution in [3.63, 3.8) is 0 Å². The lowest BCUT2D eigenvalue weighted by Gasteiger charge is -2.26. The Balaban J connectivity index is 1.31. The van der Waals surface area contributed by atoms with Crippen LogP contribution in [-0.4, -0.2) is 69.9 Å². The summed E-state index contributed by atoms with van der Waals surface area (Å²) in [6.45, 7) is 1.59. The molecule has 6 rings (SSSR count). The van der Waals surface area contributed by atoms with E-state index in [0.717, 1.165) is 20.9 Å². The second kappa shape index (κ2) is 9.37. The van der Waals surface area contributed by atoms with Gasteiger partial charge in [0.1, 0.15) is 23.2 Å². The normalized spacial score (nSPS) is 25.9. The molecule has 0 radical (unpaired) electrons. The number of halogens is 1. The van der Waals surface area contributed by atoms with Gasteiger partial charge < -0.3 is 35.5 Å². The first-order valence-corrected chi connectivity index (χ1v) is 13.3. The number of imide groups is 1. The van der Waals surface area contributed by atoms with Crippen LogP contribution in [0.5, 0.6) is 0 Å². The van der Waals surface area contributed by atoms with Gasteiger partial charge in [-0.25, -0.2) is 19.6 Å². The van der Waals surface area contributed by atoms with Crippen molar-refractivity contribution >= 4 is 61.8 Å². The molecule has 1 saturated carbocycles. The van der Waals surface area contributed by atoms with Gasteiger partial charge in [-0.15, -0.1) is 4.90 Å². The summed E-state index contributed by atoms with van der Waals surface area (Å²) in [5.74, 6) is -0.272. The number of carbonyl (C=O) groups is 2. The highest BCUT2D eigenvalue weighted by Crippen LogP contribution is 2.50. The molecule has 14 heteroatoms. The third kappa shape index (κ3) is 4.06. The molecule has 0 unspecified atom stereocenters. The van der Waals surface area contributed by atoms with Crippen molar-refractivity contribution in [1.29, 1.82) is 0 Å². The van der Waals surface area contributed by atoms with E-state index in [2.05, 4.69) is 30.9 Å². The molecule has 4 aromatic rings. The van der Waals surface area contributed by atoms with E-state index in [-0.39, 0.29) is 16.5 Å². The van der Waals surface area contributed by atoms with Gasteiger partial charge >= 0.3 is 12.2 Å². The average Bonchev–Trinajstić information content (AvgIpc) is 3.52. The minimum atomic E-state index is -1.76. The van der Waals surface area contributed by atoms with Crippen LogP contribution < -0.4 is 10.6 Å². The van der Waals surface area contributed by atoms with Crippen LogP contribution in [0.15, 0.2) is 41.0 Å². The van der Waals surface area contributed by atoms with Crippen LogP contribution >= 0.6 is 15.9 Å². The first-order valence-electron chi connectivity index (χ1n) is 12.5. The first-order chi connectivity index (χ1) is 19.0. The standard InChI is InChI=1S/C26H25BrN6O7/c1-11-15-5-7-32(21(15)31-23(29-11)33(24(35)36)25(37)38)22-18(34)26(39)6-4-14(19(26)40-22)8-12-2-3-13-10-16(27)20(28)30-17(13)9-12/h2-3,5,7,9-10,14,18-19,22,34,39H,4,6,8H2,1H3,(H2,28,30)(H,35,36)(H,37,38)/t14-,18-,19+,22+,26-/m0/s1. The molecule has 0 spiro atoms. The number of aliphatic hydroxyl groups excluding tert-OH is 1. The molecule has 4 heterocycles. The second-order valence-corrected chi connectivity index (χ2v) is 11.1. The van der Waals surface area contributed by atoms with E-state index in [9.17, 15) is 30.0 Å². The molecule has 1 aliphatic heterocycles. The summed E-state index contributed by atoms with van der Waals surface area (Å²) in [4.78, 5) is 35.7. The number of benzene rings is 1. The van der Waals surface area contributed by atoms with Gasteiger partial charge in [0.2, 0.25) is 5.95 Å². The lowest BCUT2D eigenvalue weighted by Crippen LogP contribution is -2.45. The molecule has 1 aromatic carbocycles. The molecule has 13 nitrogen and oxygen atoms in total. The van der Waals surface area contributed by atoms with E-state index in [1.54, 1.807) is 19.2 Å². The smallest absolute Gasteiger partial charge is 0.424 e. The molecule has 2 fully saturated rings. The van der Waals surface area contributed by atoms with Crippen molar-refractivity contribution in [1.82, 2.24) is 19.5 Å². The molecule has 1 saturated heterocycles. The summed E-state index contributed by atoms with van der Waals surface area (Å²) in [5.41, 5.74) is 6.68. The number of aryl methyl sites for hydroxylation is 1. The van der Waals surface area contributed by atoms with E-state index in [0.29, 0.717) is 36.2 Å². The van der Waals surface area contributed by atoms with Crippen molar-refractivity contribution < 1.29 is 34.8 Å². The highest BCUT2D eigenvalue weighted by atomic mass is 79.9. The van der Waals surface area contributed by atoms with Gasteiger partial charge in [0, 0.05) is 17.0 Å². The SMILES string of the molecule is Cc1nc(N(C(=O)O)C(=O)O)nc2c1ccn2[C@@H]1O[C@@H]2[C@H](Cc3ccc4cc(Br)c(N)nc4c3)CC[C@]2(O)[C@H]1O. The van der Waals surface area contributed by atoms with Crippen molar-refractivity contribution in [2.45, 2.75) is 50.2 Å². The summed E-state index contributed by atoms with van der Waals surface area (Å²) in [5, 5.41) is 43.0. The van der Waals surface area contributed by atoms with Crippen molar-refractivity contribution in [3.8, 4) is 0 Å². The van der Waals surface area contributed by atoms with Crippen LogP contribution in [0.3, 0.4) is 0 Å². The number of nitrogens with two attached hydrogens (primary N) is 1. The Morgan fingerprint density at radius 3 is 2.67 bits per heavy atom. The van der Waals surface area contributed by atoms with Crippen LogP contribution in [0.4, 0.5) is 21.4 Å². The fraction of sp³-hybridized carbons (Fsp3) is 0.346. The fourth-order valence-electron chi connectivity index (χ4n) is 5.92. The molecular formula is C26H25BrN6O7. The van der Waals surface area contributed by atoms with E-state index < -0.39 is 42.2 Å². The number of amides is 2. The zero-order chi connectivity index (χ0) is 28.5. The monoisotopic (exact) mass is 612 g/mol. The third-order valence-corrected chi connectivity index (χ3v) is 8.51. The van der Waals surface area contributed by atoms with Gasteiger partial charge in [-0.2, -0.15) is 4.98 Å². The molecule has 40 heavy (non-hydrogen) atoms. The zero-order valence-corrected chi connectivity index (χ0v) is 22.7. The number of anilines is 2. The summed E-state index contributed by atoms with van der Waals surface area (Å²) >= 11 is 3.39. The van der Waals surface area contributed by atoms with Crippen LogP contribution in [-0.2, 0) is 11.2 Å². The van der Waals surface area contributed by atoms with Gasteiger partial charge in [-0.05, 0) is 71.8 Å². The molecular weight excluding hydrogens is 588 g/mol. The molecule has 3 aromatic heterocycles. The van der Waals surface area contributed by atoms with E-state index >= 15 is 0 Å². The molecule has 208 valence electrons. The second-order valence-electron chi connectivity index (χ2n) is 10.2. The number of nitrogens with zero attached hydrogens (tertiary/aromatic N) is 5. The van der Waals surface area contributed by atoms with Gasteiger partial charge in [-0.3, -0.25) is 0 Å². The van der Waals surface area contributed by atoms with E-state index in [1.165, 1.54) is 4.57 Å². The van der Waals surface area contributed by atoms with Gasteiger partial charge in [0.05, 0.1) is 21.8 Å². The maximum Gasteiger partial charge on any atom is 0.424 e. The Kier molecular flexibility index (Phi) is 6.18. The zero-order valence-electron chi connectivity index (χ0n) is 21.1. The quantitative estimate of drug-likeness (QED) is 0.226. The van der Waals surface area contributed by atoms with Crippen LogP contribution in [0, 0.1) is 12.8 Å². The van der Waals surface area contributed by atoms with Crippen LogP contribution in [0.25, 0.3) is 21.9 Å². The number of fused-ring (bicyclic) bond motifs is 3. The topological polar surface area (TPSA) is 197 Å². The average molecular weight is 613 g/mol. The van der Waals surface area contributed by atoms with Crippen LogP contribution in [0.2, 0.25) is 0 Å². The first kappa shape index (κ1) is 26.4. The van der Waals surface area contributed by atoms with Crippen molar-refractivity contribution in [2.75, 3.05) is 10.6 Å². The number of rotatable bonds is 4. The number of nitrogen functional groups attached to an aromatic ring is 1. The lowest BCUT2D eigenvalue weighted by atomic mass is 9.90. The molecule has 5 atom stereocenters. The molecule has 0 bridgehead atoms. The van der Waals surface area contributed by atoms with E-state index in [4.69, 9.17) is 10.5 Å². The fourth-order valence-corrected chi connectivity index (χ4v) is 6.26. The minimum absolute atomic E-state index is 0.0126. The molecule has 1 aliphatic carbocycles. The number of carboxylic acid groups (broad SMARTS) is 2. The molecule has 2 amide bonds. The number of aliphatic hydroxyl groups is 2. The Bertz CT molecular complexity index is 1680.